The third kappa shape index (κ3) is 4.47. The van der Waals surface area contributed by atoms with Gasteiger partial charge in [-0.1, -0.05) is 13.3 Å². The van der Waals surface area contributed by atoms with Gasteiger partial charge in [0.05, 0.1) is 13.2 Å². The van der Waals surface area contributed by atoms with Gasteiger partial charge in [0.25, 0.3) is 6.29 Å². The van der Waals surface area contributed by atoms with E-state index in [2.05, 4.69) is 6.92 Å². The first-order valence-corrected chi connectivity index (χ1v) is 5.70. The van der Waals surface area contributed by atoms with Crippen LogP contribution < -0.4 is 0 Å². The van der Waals surface area contributed by atoms with Crippen molar-refractivity contribution >= 4 is 5.97 Å². The molecule has 0 amide bonds. The number of rotatable bonds is 7. The molecule has 0 aliphatic carbocycles. The molecule has 0 saturated carbocycles. The normalized spacial score (nSPS) is 25.5. The summed E-state index contributed by atoms with van der Waals surface area (Å²) in [7, 11) is 1.42. The van der Waals surface area contributed by atoms with Crippen molar-refractivity contribution in [2.75, 3.05) is 26.9 Å². The standard InChI is InChI=1S/C11H20O5/c1-3-4-6-14-7-5-9-8-15-11(13-2)10(12)16-9/h9,11H,3-8H2,1-2H3/t9-,11-/m0/s1. The van der Waals surface area contributed by atoms with Crippen molar-refractivity contribution in [2.24, 2.45) is 0 Å². The van der Waals surface area contributed by atoms with Gasteiger partial charge in [0.1, 0.15) is 6.10 Å². The maximum absolute atomic E-state index is 11.3. The SMILES string of the molecule is CCCCOCC[C@H]1CO[C@H](OC)C(=O)O1. The second-order valence-corrected chi connectivity index (χ2v) is 3.71. The predicted molar refractivity (Wildman–Crippen MR) is 57.0 cm³/mol. The number of cyclic esters (lactones) is 1. The van der Waals surface area contributed by atoms with Crippen molar-refractivity contribution < 1.29 is 23.7 Å². The highest BCUT2D eigenvalue weighted by molar-refractivity contribution is 5.73. The molecule has 0 aromatic carbocycles. The Labute approximate surface area is 96.0 Å². The maximum Gasteiger partial charge on any atom is 0.363 e. The number of ether oxygens (including phenoxy) is 4. The van der Waals surface area contributed by atoms with Crippen LogP contribution in [0, 0.1) is 0 Å². The first kappa shape index (κ1) is 13.4. The number of esters is 1. The molecule has 1 heterocycles. The highest BCUT2D eigenvalue weighted by Crippen LogP contribution is 2.12. The molecule has 1 saturated heterocycles. The highest BCUT2D eigenvalue weighted by Gasteiger charge is 2.30. The second-order valence-electron chi connectivity index (χ2n) is 3.71. The van der Waals surface area contributed by atoms with Crippen LogP contribution in [0.4, 0.5) is 0 Å². The van der Waals surface area contributed by atoms with Gasteiger partial charge in [-0.3, -0.25) is 0 Å². The van der Waals surface area contributed by atoms with E-state index < -0.39 is 12.3 Å². The monoisotopic (exact) mass is 232 g/mol. The molecule has 5 heteroatoms. The Morgan fingerprint density at radius 1 is 1.44 bits per heavy atom. The molecule has 1 fully saturated rings. The summed E-state index contributed by atoms with van der Waals surface area (Å²) in [6.45, 7) is 3.85. The minimum Gasteiger partial charge on any atom is -0.456 e. The highest BCUT2D eigenvalue weighted by atomic mass is 16.7. The Morgan fingerprint density at radius 3 is 2.88 bits per heavy atom. The first-order chi connectivity index (χ1) is 7.77. The van der Waals surface area contributed by atoms with Crippen LogP contribution in [-0.4, -0.2) is 45.3 Å². The van der Waals surface area contributed by atoms with Crippen LogP contribution in [-0.2, 0) is 23.7 Å². The molecule has 1 aliphatic rings. The van der Waals surface area contributed by atoms with Gasteiger partial charge in [-0.15, -0.1) is 0 Å². The van der Waals surface area contributed by atoms with Gasteiger partial charge in [-0.25, -0.2) is 4.79 Å². The Morgan fingerprint density at radius 2 is 2.25 bits per heavy atom. The van der Waals surface area contributed by atoms with Crippen molar-refractivity contribution in [3.05, 3.63) is 0 Å². The number of unbranched alkanes of at least 4 members (excludes halogenated alkanes) is 1. The number of hydrogen-bond donors (Lipinski definition) is 0. The van der Waals surface area contributed by atoms with Crippen molar-refractivity contribution in [3.8, 4) is 0 Å². The second kappa shape index (κ2) is 7.60. The van der Waals surface area contributed by atoms with Crippen LogP contribution in [0.1, 0.15) is 26.2 Å². The fraction of sp³-hybridized carbons (Fsp3) is 0.909. The molecule has 2 atom stereocenters. The molecule has 0 unspecified atom stereocenters. The lowest BCUT2D eigenvalue weighted by molar-refractivity contribution is -0.224. The molecule has 0 spiro atoms. The molecule has 5 nitrogen and oxygen atoms in total. The van der Waals surface area contributed by atoms with E-state index in [1.807, 2.05) is 0 Å². The summed E-state index contributed by atoms with van der Waals surface area (Å²) in [6, 6.07) is 0. The van der Waals surface area contributed by atoms with Crippen LogP contribution >= 0.6 is 0 Å². The molecule has 1 rings (SSSR count). The zero-order valence-corrected chi connectivity index (χ0v) is 9.94. The molecule has 0 bridgehead atoms. The van der Waals surface area contributed by atoms with E-state index >= 15 is 0 Å². The molecular weight excluding hydrogens is 212 g/mol. The lowest BCUT2D eigenvalue weighted by Gasteiger charge is -2.27. The van der Waals surface area contributed by atoms with Crippen molar-refractivity contribution in [1.82, 2.24) is 0 Å². The maximum atomic E-state index is 11.3. The van der Waals surface area contributed by atoms with E-state index in [1.54, 1.807) is 0 Å². The molecule has 94 valence electrons. The lowest BCUT2D eigenvalue weighted by Crippen LogP contribution is -2.41. The van der Waals surface area contributed by atoms with Gasteiger partial charge < -0.3 is 18.9 Å². The van der Waals surface area contributed by atoms with Crippen molar-refractivity contribution in [2.45, 2.75) is 38.6 Å². The zero-order chi connectivity index (χ0) is 11.8. The fourth-order valence-corrected chi connectivity index (χ4v) is 1.39. The van der Waals surface area contributed by atoms with E-state index in [4.69, 9.17) is 18.9 Å². The Bertz CT molecular complexity index is 207. The number of methoxy groups -OCH3 is 1. The quantitative estimate of drug-likeness (QED) is 0.486. The van der Waals surface area contributed by atoms with Gasteiger partial charge >= 0.3 is 5.97 Å². The molecular formula is C11H20O5. The molecule has 0 aromatic rings. The summed E-state index contributed by atoms with van der Waals surface area (Å²) >= 11 is 0. The van der Waals surface area contributed by atoms with E-state index in [0.717, 1.165) is 19.4 Å². The zero-order valence-electron chi connectivity index (χ0n) is 9.94. The summed E-state index contributed by atoms with van der Waals surface area (Å²) < 4.78 is 20.5. The topological polar surface area (TPSA) is 54.0 Å². The number of carbonyl (C=O) groups is 1. The summed E-state index contributed by atoms with van der Waals surface area (Å²) in [5.74, 6) is -0.452. The Kier molecular flexibility index (Phi) is 6.37. The average molecular weight is 232 g/mol. The first-order valence-electron chi connectivity index (χ1n) is 5.70. The van der Waals surface area contributed by atoms with Gasteiger partial charge in [0.2, 0.25) is 0 Å². The number of hydrogen-bond acceptors (Lipinski definition) is 5. The fourth-order valence-electron chi connectivity index (χ4n) is 1.39. The predicted octanol–water partition coefficient (Wildman–Crippen LogP) is 1.11. The summed E-state index contributed by atoms with van der Waals surface area (Å²) in [5.41, 5.74) is 0. The Balaban J connectivity index is 2.08. The van der Waals surface area contributed by atoms with E-state index in [9.17, 15) is 4.79 Å². The third-order valence-electron chi connectivity index (χ3n) is 2.35. The van der Waals surface area contributed by atoms with Crippen LogP contribution in [0.5, 0.6) is 0 Å². The van der Waals surface area contributed by atoms with Crippen LogP contribution in [0.3, 0.4) is 0 Å². The van der Waals surface area contributed by atoms with Crippen LogP contribution in [0.2, 0.25) is 0 Å². The van der Waals surface area contributed by atoms with E-state index in [1.165, 1.54) is 7.11 Å². The van der Waals surface area contributed by atoms with Gasteiger partial charge in [0, 0.05) is 20.1 Å². The minimum absolute atomic E-state index is 0.208. The smallest absolute Gasteiger partial charge is 0.363 e. The van der Waals surface area contributed by atoms with Crippen molar-refractivity contribution in [1.29, 1.82) is 0 Å². The molecule has 16 heavy (non-hydrogen) atoms. The summed E-state index contributed by atoms with van der Waals surface area (Å²) in [4.78, 5) is 11.3. The van der Waals surface area contributed by atoms with E-state index in [-0.39, 0.29) is 6.10 Å². The largest absolute Gasteiger partial charge is 0.456 e. The van der Waals surface area contributed by atoms with Gasteiger partial charge in [0.15, 0.2) is 0 Å². The van der Waals surface area contributed by atoms with Gasteiger partial charge in [-0.05, 0) is 6.42 Å². The van der Waals surface area contributed by atoms with Gasteiger partial charge in [-0.2, -0.15) is 0 Å². The molecule has 0 N–H and O–H groups in total. The molecule has 0 radical (unpaired) electrons. The third-order valence-corrected chi connectivity index (χ3v) is 2.35. The van der Waals surface area contributed by atoms with Crippen LogP contribution in [0.15, 0.2) is 0 Å². The molecule has 0 aromatic heterocycles. The number of carbonyl (C=O) groups excluding carboxylic acids is 1. The molecule has 1 aliphatic heterocycles. The lowest BCUT2D eigenvalue weighted by atomic mass is 10.2. The average Bonchev–Trinajstić information content (AvgIpc) is 2.29. The van der Waals surface area contributed by atoms with Crippen LogP contribution in [0.25, 0.3) is 0 Å². The summed E-state index contributed by atoms with van der Waals surface area (Å²) in [5, 5.41) is 0. The minimum atomic E-state index is -0.864. The van der Waals surface area contributed by atoms with E-state index in [0.29, 0.717) is 19.6 Å². The summed E-state index contributed by atoms with van der Waals surface area (Å²) in [6.07, 6.45) is 1.79. The Hall–Kier alpha value is -0.650. The van der Waals surface area contributed by atoms with Crippen molar-refractivity contribution in [3.63, 3.8) is 0 Å².